The number of aliphatic hydroxyl groups is 1. The second-order valence-corrected chi connectivity index (χ2v) is 6.89. The average Bonchev–Trinajstić information content (AvgIpc) is 2.98. The summed E-state index contributed by atoms with van der Waals surface area (Å²) >= 11 is 0. The summed E-state index contributed by atoms with van der Waals surface area (Å²) < 4.78 is 10.3. The molecular formula is C23H23NO6. The highest BCUT2D eigenvalue weighted by molar-refractivity contribution is 6.46. The van der Waals surface area contributed by atoms with Gasteiger partial charge in [0.1, 0.15) is 17.3 Å². The van der Waals surface area contributed by atoms with Gasteiger partial charge in [0.15, 0.2) is 0 Å². The number of ether oxygens (including phenoxy) is 2. The molecule has 0 radical (unpaired) electrons. The van der Waals surface area contributed by atoms with Gasteiger partial charge < -0.3 is 19.5 Å². The maximum Gasteiger partial charge on any atom is 0.308 e. The lowest BCUT2D eigenvalue weighted by Gasteiger charge is -2.25. The van der Waals surface area contributed by atoms with Gasteiger partial charge in [0.2, 0.25) is 0 Å². The van der Waals surface area contributed by atoms with Crippen LogP contribution in [0.2, 0.25) is 0 Å². The van der Waals surface area contributed by atoms with Crippen LogP contribution in [0.3, 0.4) is 0 Å². The number of nitrogens with zero attached hydrogens (tertiary/aromatic N) is 1. The van der Waals surface area contributed by atoms with E-state index in [1.54, 1.807) is 48.5 Å². The van der Waals surface area contributed by atoms with Gasteiger partial charge in [-0.2, -0.15) is 0 Å². The number of likely N-dealkylation sites (tertiary alicyclic amines) is 1. The van der Waals surface area contributed by atoms with Crippen LogP contribution in [0.15, 0.2) is 54.1 Å². The van der Waals surface area contributed by atoms with Gasteiger partial charge in [-0.05, 0) is 36.2 Å². The number of Topliss-reactive ketones (excluding diaryl/α,β-unsaturated/α-hetero) is 1. The normalized spacial score (nSPS) is 17.8. The summed E-state index contributed by atoms with van der Waals surface area (Å²) in [7, 11) is 1.50. The van der Waals surface area contributed by atoms with Crippen LogP contribution < -0.4 is 9.47 Å². The zero-order valence-electron chi connectivity index (χ0n) is 17.0. The van der Waals surface area contributed by atoms with Crippen LogP contribution in [0.25, 0.3) is 5.76 Å². The molecule has 1 aliphatic heterocycles. The van der Waals surface area contributed by atoms with E-state index in [0.29, 0.717) is 35.6 Å². The van der Waals surface area contributed by atoms with Crippen molar-refractivity contribution in [3.8, 4) is 11.5 Å². The summed E-state index contributed by atoms with van der Waals surface area (Å²) in [4.78, 5) is 38.4. The maximum atomic E-state index is 12.9. The van der Waals surface area contributed by atoms with Gasteiger partial charge >= 0.3 is 5.97 Å². The summed E-state index contributed by atoms with van der Waals surface area (Å²) in [5, 5.41) is 11.0. The molecule has 1 fully saturated rings. The van der Waals surface area contributed by atoms with Crippen molar-refractivity contribution in [2.45, 2.75) is 26.3 Å². The number of hydrogen-bond acceptors (Lipinski definition) is 6. The van der Waals surface area contributed by atoms with Crippen LogP contribution in [0, 0.1) is 0 Å². The number of carbonyl (C=O) groups excluding carboxylic acids is 3. The fraction of sp³-hybridized carbons (Fsp3) is 0.261. The van der Waals surface area contributed by atoms with Gasteiger partial charge in [-0.3, -0.25) is 14.4 Å². The largest absolute Gasteiger partial charge is 0.507 e. The molecule has 0 bridgehead atoms. The van der Waals surface area contributed by atoms with Gasteiger partial charge in [0.05, 0.1) is 18.7 Å². The minimum absolute atomic E-state index is 0.0123. The number of ketones is 1. The number of methoxy groups -OCH3 is 1. The lowest BCUT2D eigenvalue weighted by molar-refractivity contribution is -0.139. The first-order chi connectivity index (χ1) is 14.4. The van der Waals surface area contributed by atoms with Gasteiger partial charge in [-0.25, -0.2) is 0 Å². The highest BCUT2D eigenvalue weighted by Crippen LogP contribution is 2.40. The molecule has 2 aromatic rings. The van der Waals surface area contributed by atoms with E-state index < -0.39 is 23.7 Å². The summed E-state index contributed by atoms with van der Waals surface area (Å²) in [6, 6.07) is 12.4. The molecule has 1 N–H and O–H groups in total. The number of esters is 1. The Morgan fingerprint density at radius 3 is 2.47 bits per heavy atom. The Bertz CT molecular complexity index is 1030. The van der Waals surface area contributed by atoms with Crippen molar-refractivity contribution in [2.75, 3.05) is 13.7 Å². The second kappa shape index (κ2) is 8.82. The summed E-state index contributed by atoms with van der Waals surface area (Å²) in [6.45, 7) is 3.52. The molecule has 1 heterocycles. The van der Waals surface area contributed by atoms with E-state index in [-0.39, 0.29) is 11.3 Å². The lowest BCUT2D eigenvalue weighted by atomic mass is 9.95. The molecule has 7 heteroatoms. The van der Waals surface area contributed by atoms with Crippen molar-refractivity contribution in [1.82, 2.24) is 4.90 Å². The standard InChI is InChI=1S/C23H23NO6/c1-4-11-24-20(15-7-5-10-18(12-15)30-14(2)25)19(22(27)23(24)28)21(26)16-8-6-9-17(13-16)29-3/h5-10,12-13,20,26H,4,11H2,1-3H3/b21-19-. The monoisotopic (exact) mass is 409 g/mol. The van der Waals surface area contributed by atoms with Crippen LogP contribution in [-0.2, 0) is 14.4 Å². The number of aliphatic hydroxyl groups excluding tert-OH is 1. The summed E-state index contributed by atoms with van der Waals surface area (Å²) in [5.41, 5.74) is 0.914. The van der Waals surface area contributed by atoms with Crippen LogP contribution in [0.1, 0.15) is 37.4 Å². The molecule has 1 amide bonds. The van der Waals surface area contributed by atoms with E-state index >= 15 is 0 Å². The molecule has 2 aromatic carbocycles. The van der Waals surface area contributed by atoms with Crippen molar-refractivity contribution >= 4 is 23.4 Å². The average molecular weight is 409 g/mol. The lowest BCUT2D eigenvalue weighted by Crippen LogP contribution is -2.30. The maximum absolute atomic E-state index is 12.9. The molecule has 0 saturated carbocycles. The third-order valence-electron chi connectivity index (χ3n) is 4.78. The molecule has 1 unspecified atom stereocenters. The third-order valence-corrected chi connectivity index (χ3v) is 4.78. The molecule has 7 nitrogen and oxygen atoms in total. The van der Waals surface area contributed by atoms with Gasteiger partial charge in [-0.15, -0.1) is 0 Å². The molecule has 0 aliphatic carbocycles. The number of carbonyl (C=O) groups is 3. The number of hydrogen-bond donors (Lipinski definition) is 1. The molecule has 1 atom stereocenters. The number of benzene rings is 2. The van der Waals surface area contributed by atoms with Crippen molar-refractivity contribution in [1.29, 1.82) is 0 Å². The quantitative estimate of drug-likeness (QED) is 0.258. The van der Waals surface area contributed by atoms with Gasteiger partial charge in [-0.1, -0.05) is 31.2 Å². The first kappa shape index (κ1) is 21.1. The Labute approximate surface area is 174 Å². The smallest absolute Gasteiger partial charge is 0.308 e. The highest BCUT2D eigenvalue weighted by atomic mass is 16.5. The fourth-order valence-electron chi connectivity index (χ4n) is 3.54. The van der Waals surface area contributed by atoms with Crippen LogP contribution >= 0.6 is 0 Å². The molecule has 0 aromatic heterocycles. The minimum Gasteiger partial charge on any atom is -0.507 e. The molecule has 156 valence electrons. The number of amides is 1. The molecule has 0 spiro atoms. The summed E-state index contributed by atoms with van der Waals surface area (Å²) in [6.07, 6.45) is 0.631. The third kappa shape index (κ3) is 4.05. The first-order valence-electron chi connectivity index (χ1n) is 9.58. The van der Waals surface area contributed by atoms with Crippen LogP contribution in [-0.4, -0.2) is 41.3 Å². The second-order valence-electron chi connectivity index (χ2n) is 6.89. The molecule has 3 rings (SSSR count). The fourth-order valence-corrected chi connectivity index (χ4v) is 3.54. The summed E-state index contributed by atoms with van der Waals surface area (Å²) in [5.74, 6) is -1.39. The Morgan fingerprint density at radius 1 is 1.10 bits per heavy atom. The van der Waals surface area contributed by atoms with E-state index in [1.165, 1.54) is 18.9 Å². The van der Waals surface area contributed by atoms with E-state index in [1.807, 2.05) is 6.92 Å². The Kier molecular flexibility index (Phi) is 6.20. The SMILES string of the molecule is CCCN1C(=O)C(=O)/C(=C(\O)c2cccc(OC)c2)C1c1cccc(OC(C)=O)c1. The molecule has 1 saturated heterocycles. The van der Waals surface area contributed by atoms with E-state index in [9.17, 15) is 19.5 Å². The minimum atomic E-state index is -0.799. The van der Waals surface area contributed by atoms with E-state index in [2.05, 4.69) is 0 Å². The highest BCUT2D eigenvalue weighted by Gasteiger charge is 2.45. The Balaban J connectivity index is 2.17. The van der Waals surface area contributed by atoms with Crippen LogP contribution in [0.4, 0.5) is 0 Å². The number of rotatable bonds is 6. The predicted molar refractivity (Wildman–Crippen MR) is 110 cm³/mol. The van der Waals surface area contributed by atoms with Gasteiger partial charge in [0, 0.05) is 19.0 Å². The van der Waals surface area contributed by atoms with E-state index in [4.69, 9.17) is 9.47 Å². The first-order valence-corrected chi connectivity index (χ1v) is 9.58. The molecular weight excluding hydrogens is 386 g/mol. The van der Waals surface area contributed by atoms with Crippen molar-refractivity contribution in [3.05, 3.63) is 65.2 Å². The zero-order valence-corrected chi connectivity index (χ0v) is 17.0. The molecule has 30 heavy (non-hydrogen) atoms. The Morgan fingerprint density at radius 2 is 1.80 bits per heavy atom. The topological polar surface area (TPSA) is 93.1 Å². The van der Waals surface area contributed by atoms with Crippen molar-refractivity contribution in [3.63, 3.8) is 0 Å². The zero-order chi connectivity index (χ0) is 21.8. The van der Waals surface area contributed by atoms with Crippen molar-refractivity contribution in [2.24, 2.45) is 0 Å². The van der Waals surface area contributed by atoms with Gasteiger partial charge in [0.25, 0.3) is 11.7 Å². The molecule has 1 aliphatic rings. The van der Waals surface area contributed by atoms with Crippen LogP contribution in [0.5, 0.6) is 11.5 Å². The predicted octanol–water partition coefficient (Wildman–Crippen LogP) is 3.45. The van der Waals surface area contributed by atoms with E-state index in [0.717, 1.165) is 0 Å². The van der Waals surface area contributed by atoms with Crippen molar-refractivity contribution < 1.29 is 29.0 Å². The Hall–Kier alpha value is -3.61.